The molecule has 2 fully saturated rings. The van der Waals surface area contributed by atoms with Crippen molar-refractivity contribution in [1.82, 2.24) is 14.1 Å². The van der Waals surface area contributed by atoms with Gasteiger partial charge in [-0.2, -0.15) is 4.31 Å². The summed E-state index contributed by atoms with van der Waals surface area (Å²) in [5.41, 5.74) is 0. The number of carbonyl (C=O) groups is 3. The fourth-order valence-electron chi connectivity index (χ4n) is 4.42. The van der Waals surface area contributed by atoms with Crippen LogP contribution in [-0.2, 0) is 29.1 Å². The second-order valence-electron chi connectivity index (χ2n) is 8.73. The number of carbonyl (C=O) groups excluding carboxylic acids is 3. The zero-order valence-corrected chi connectivity index (χ0v) is 20.4. The maximum atomic E-state index is 13.1. The number of esters is 1. The van der Waals surface area contributed by atoms with E-state index in [4.69, 9.17) is 4.74 Å². The van der Waals surface area contributed by atoms with Crippen LogP contribution in [0.1, 0.15) is 32.6 Å². The van der Waals surface area contributed by atoms with E-state index in [0.29, 0.717) is 45.4 Å². The summed E-state index contributed by atoms with van der Waals surface area (Å²) in [7, 11) is -2.17. The van der Waals surface area contributed by atoms with E-state index in [1.807, 2.05) is 0 Å². The molecule has 11 heteroatoms. The topological polar surface area (TPSA) is 104 Å². The lowest BCUT2D eigenvalue weighted by molar-refractivity contribution is -0.151. The number of amides is 2. The molecule has 0 aromatic heterocycles. The molecule has 9 nitrogen and oxygen atoms in total. The van der Waals surface area contributed by atoms with E-state index in [9.17, 15) is 27.2 Å². The Hall–Kier alpha value is -2.53. The van der Waals surface area contributed by atoms with Crippen LogP contribution in [-0.4, -0.2) is 86.7 Å². The molecular formula is C23H32FN3O6S. The first-order chi connectivity index (χ1) is 16.1. The van der Waals surface area contributed by atoms with Crippen molar-refractivity contribution in [2.24, 2.45) is 11.8 Å². The summed E-state index contributed by atoms with van der Waals surface area (Å²) < 4.78 is 45.0. The summed E-state index contributed by atoms with van der Waals surface area (Å²) in [5.74, 6) is -1.66. The third-order valence-corrected chi connectivity index (χ3v) is 8.38. The van der Waals surface area contributed by atoms with Gasteiger partial charge in [-0.25, -0.2) is 12.8 Å². The molecular weight excluding hydrogens is 465 g/mol. The first-order valence-electron chi connectivity index (χ1n) is 11.6. The van der Waals surface area contributed by atoms with Crippen molar-refractivity contribution in [3.05, 3.63) is 30.1 Å². The summed E-state index contributed by atoms with van der Waals surface area (Å²) >= 11 is 0. The largest absolute Gasteiger partial charge is 0.466 e. The molecule has 0 spiro atoms. The highest BCUT2D eigenvalue weighted by Crippen LogP contribution is 2.25. The SMILES string of the molecule is CCOC(=O)C1CCN(C(=O)CN(C)C(=O)C2CCN(S(=O)(=O)c3ccc(F)cc3)CC2)CC1. The number of piperidine rings is 2. The van der Waals surface area contributed by atoms with E-state index in [1.54, 1.807) is 18.9 Å². The zero-order chi connectivity index (χ0) is 24.9. The number of nitrogens with zero attached hydrogens (tertiary/aromatic N) is 3. The third kappa shape index (κ3) is 6.12. The number of ether oxygens (including phenoxy) is 1. The predicted molar refractivity (Wildman–Crippen MR) is 121 cm³/mol. The molecule has 2 heterocycles. The van der Waals surface area contributed by atoms with E-state index < -0.39 is 15.8 Å². The summed E-state index contributed by atoms with van der Waals surface area (Å²) in [6.45, 7) is 3.29. The van der Waals surface area contributed by atoms with Crippen LogP contribution in [0.25, 0.3) is 0 Å². The van der Waals surface area contributed by atoms with Gasteiger partial charge in [-0.3, -0.25) is 14.4 Å². The fraction of sp³-hybridized carbons (Fsp3) is 0.609. The van der Waals surface area contributed by atoms with Crippen molar-refractivity contribution < 1.29 is 31.9 Å². The lowest BCUT2D eigenvalue weighted by atomic mass is 9.96. The van der Waals surface area contributed by atoms with Gasteiger partial charge in [0.2, 0.25) is 21.8 Å². The Kier molecular flexibility index (Phi) is 8.64. The maximum absolute atomic E-state index is 13.1. The fourth-order valence-corrected chi connectivity index (χ4v) is 5.89. The molecule has 1 aromatic rings. The van der Waals surface area contributed by atoms with Crippen molar-refractivity contribution in [3.8, 4) is 0 Å². The first kappa shape index (κ1) is 26.1. The van der Waals surface area contributed by atoms with Gasteiger partial charge in [-0.05, 0) is 56.9 Å². The van der Waals surface area contributed by atoms with Crippen LogP contribution in [0.2, 0.25) is 0 Å². The van der Waals surface area contributed by atoms with Crippen LogP contribution in [0, 0.1) is 17.7 Å². The Morgan fingerprint density at radius 1 is 1.00 bits per heavy atom. The first-order valence-corrected chi connectivity index (χ1v) is 13.0. The lowest BCUT2D eigenvalue weighted by Gasteiger charge is -2.34. The molecule has 2 saturated heterocycles. The highest BCUT2D eigenvalue weighted by molar-refractivity contribution is 7.89. The van der Waals surface area contributed by atoms with Crippen molar-refractivity contribution in [3.63, 3.8) is 0 Å². The molecule has 2 aliphatic rings. The van der Waals surface area contributed by atoms with E-state index in [-0.39, 0.29) is 54.1 Å². The Labute approximate surface area is 199 Å². The van der Waals surface area contributed by atoms with Crippen molar-refractivity contribution in [2.45, 2.75) is 37.5 Å². The van der Waals surface area contributed by atoms with Gasteiger partial charge in [0.15, 0.2) is 0 Å². The van der Waals surface area contributed by atoms with Crippen LogP contribution < -0.4 is 0 Å². The quantitative estimate of drug-likeness (QED) is 0.529. The molecule has 1 aromatic carbocycles. The van der Waals surface area contributed by atoms with Gasteiger partial charge in [0.1, 0.15) is 5.82 Å². The molecule has 188 valence electrons. The van der Waals surface area contributed by atoms with Gasteiger partial charge in [0, 0.05) is 39.1 Å². The van der Waals surface area contributed by atoms with Gasteiger partial charge in [-0.15, -0.1) is 0 Å². The number of halogens is 1. The predicted octanol–water partition coefficient (Wildman–Crippen LogP) is 1.49. The minimum Gasteiger partial charge on any atom is -0.466 e. The van der Waals surface area contributed by atoms with Crippen LogP contribution in [0.3, 0.4) is 0 Å². The Morgan fingerprint density at radius 2 is 1.56 bits per heavy atom. The highest BCUT2D eigenvalue weighted by atomic mass is 32.2. The van der Waals surface area contributed by atoms with E-state index >= 15 is 0 Å². The number of hydrogen-bond donors (Lipinski definition) is 0. The van der Waals surface area contributed by atoms with Crippen LogP contribution >= 0.6 is 0 Å². The Balaban J connectivity index is 1.47. The lowest BCUT2D eigenvalue weighted by Crippen LogP contribution is -2.48. The number of likely N-dealkylation sites (N-methyl/N-ethyl adjacent to an activating group) is 1. The average Bonchev–Trinajstić information content (AvgIpc) is 2.84. The monoisotopic (exact) mass is 497 g/mol. The normalized spacial score (nSPS) is 18.5. The molecule has 0 N–H and O–H groups in total. The molecule has 0 atom stereocenters. The summed E-state index contributed by atoms with van der Waals surface area (Å²) in [6, 6.07) is 4.68. The second kappa shape index (κ2) is 11.3. The second-order valence-corrected chi connectivity index (χ2v) is 10.7. The standard InChI is InChI=1S/C23H32FN3O6S/c1-3-33-23(30)18-8-12-26(13-9-18)21(28)16-25(2)22(29)17-10-14-27(15-11-17)34(31,32)20-6-4-19(24)5-7-20/h4-7,17-18H,3,8-16H2,1-2H3. The smallest absolute Gasteiger partial charge is 0.309 e. The molecule has 0 saturated carbocycles. The number of sulfonamides is 1. The Bertz CT molecular complexity index is 984. The van der Waals surface area contributed by atoms with Crippen LogP contribution in [0.4, 0.5) is 4.39 Å². The number of hydrogen-bond acceptors (Lipinski definition) is 6. The third-order valence-electron chi connectivity index (χ3n) is 6.47. The van der Waals surface area contributed by atoms with Crippen molar-refractivity contribution >= 4 is 27.8 Å². The minimum atomic E-state index is -3.75. The number of likely N-dealkylation sites (tertiary alicyclic amines) is 1. The maximum Gasteiger partial charge on any atom is 0.309 e. The molecule has 2 aliphatic heterocycles. The molecule has 0 radical (unpaired) electrons. The van der Waals surface area contributed by atoms with Crippen molar-refractivity contribution in [2.75, 3.05) is 46.4 Å². The zero-order valence-electron chi connectivity index (χ0n) is 19.6. The molecule has 0 bridgehead atoms. The van der Waals surface area contributed by atoms with Crippen LogP contribution in [0.5, 0.6) is 0 Å². The molecule has 3 rings (SSSR count). The van der Waals surface area contributed by atoms with Crippen LogP contribution in [0.15, 0.2) is 29.2 Å². The number of benzene rings is 1. The van der Waals surface area contributed by atoms with Gasteiger partial charge >= 0.3 is 5.97 Å². The summed E-state index contributed by atoms with van der Waals surface area (Å²) in [5, 5.41) is 0. The molecule has 34 heavy (non-hydrogen) atoms. The van der Waals surface area contributed by atoms with Gasteiger partial charge in [-0.1, -0.05) is 0 Å². The van der Waals surface area contributed by atoms with Gasteiger partial charge < -0.3 is 14.5 Å². The average molecular weight is 498 g/mol. The number of rotatable bonds is 7. The molecule has 0 aliphatic carbocycles. The van der Waals surface area contributed by atoms with E-state index in [1.165, 1.54) is 21.3 Å². The molecule has 0 unspecified atom stereocenters. The Morgan fingerprint density at radius 3 is 2.12 bits per heavy atom. The van der Waals surface area contributed by atoms with Gasteiger partial charge in [0.25, 0.3) is 0 Å². The van der Waals surface area contributed by atoms with E-state index in [2.05, 4.69) is 0 Å². The summed E-state index contributed by atoms with van der Waals surface area (Å²) in [6.07, 6.45) is 1.79. The van der Waals surface area contributed by atoms with E-state index in [0.717, 1.165) is 12.1 Å². The van der Waals surface area contributed by atoms with Crippen molar-refractivity contribution in [1.29, 1.82) is 0 Å². The summed E-state index contributed by atoms with van der Waals surface area (Å²) in [4.78, 5) is 40.5. The highest BCUT2D eigenvalue weighted by Gasteiger charge is 2.34. The van der Waals surface area contributed by atoms with Gasteiger partial charge in [0.05, 0.1) is 24.0 Å². The molecule has 2 amide bonds. The minimum absolute atomic E-state index is 0.0214.